The number of carbonyl (C=O) groups excluding carboxylic acids is 2. The largest absolute Gasteiger partial charge is 0.382 e. The number of nitrogens with one attached hydrogen (secondary N) is 2. The summed E-state index contributed by atoms with van der Waals surface area (Å²) in [5, 5.41) is 5.68. The van der Waals surface area contributed by atoms with Gasteiger partial charge in [0, 0.05) is 20.1 Å². The Morgan fingerprint density at radius 1 is 0.917 bits per heavy atom. The average molecular weight is 348 g/mol. The molecule has 0 bridgehead atoms. The number of hydrogen-bond donors (Lipinski definition) is 2. The monoisotopic (exact) mass is 348 g/mol. The standard InChI is InChI=1S/C16H32N2O6/c1-14(19)15(17-2)4-6-18-16(20)5-7-22-10-11-24-13-12-23-9-8-21-3/h15,17H,4-13H2,1-3H3,(H,18,20)/t15-/m0/s1. The van der Waals surface area contributed by atoms with Crippen molar-refractivity contribution in [2.75, 3.05) is 67.0 Å². The second-order valence-electron chi connectivity index (χ2n) is 5.17. The molecule has 0 aromatic heterocycles. The zero-order valence-corrected chi connectivity index (χ0v) is 15.1. The van der Waals surface area contributed by atoms with Gasteiger partial charge in [0.25, 0.3) is 0 Å². The van der Waals surface area contributed by atoms with E-state index in [0.29, 0.717) is 65.6 Å². The van der Waals surface area contributed by atoms with E-state index in [9.17, 15) is 9.59 Å². The summed E-state index contributed by atoms with van der Waals surface area (Å²) in [6.07, 6.45) is 0.878. The van der Waals surface area contributed by atoms with Crippen molar-refractivity contribution in [1.29, 1.82) is 0 Å². The van der Waals surface area contributed by atoms with Crippen molar-refractivity contribution in [3.8, 4) is 0 Å². The van der Waals surface area contributed by atoms with Crippen LogP contribution in [0.1, 0.15) is 19.8 Å². The summed E-state index contributed by atoms with van der Waals surface area (Å²) in [7, 11) is 3.36. The van der Waals surface area contributed by atoms with E-state index in [0.717, 1.165) is 0 Å². The van der Waals surface area contributed by atoms with Gasteiger partial charge in [0.2, 0.25) is 5.91 Å². The second kappa shape index (κ2) is 16.8. The average Bonchev–Trinajstić information content (AvgIpc) is 2.56. The first-order valence-corrected chi connectivity index (χ1v) is 8.28. The molecule has 8 heteroatoms. The van der Waals surface area contributed by atoms with Crippen LogP contribution < -0.4 is 10.6 Å². The second-order valence-corrected chi connectivity index (χ2v) is 5.17. The number of ether oxygens (including phenoxy) is 4. The lowest BCUT2D eigenvalue weighted by atomic mass is 10.1. The van der Waals surface area contributed by atoms with E-state index in [-0.39, 0.29) is 17.7 Å². The highest BCUT2D eigenvalue weighted by molar-refractivity contribution is 5.81. The number of ketones is 1. The SMILES string of the molecule is CN[C@@H](CCNC(=O)CCOCCOCCOCCOC)C(C)=O. The minimum absolute atomic E-state index is 0.0687. The minimum atomic E-state index is -0.211. The fourth-order valence-electron chi connectivity index (χ4n) is 1.84. The maximum Gasteiger partial charge on any atom is 0.222 e. The van der Waals surface area contributed by atoms with Crippen molar-refractivity contribution >= 4 is 11.7 Å². The van der Waals surface area contributed by atoms with Crippen LogP contribution in [0.2, 0.25) is 0 Å². The molecule has 2 N–H and O–H groups in total. The molecule has 0 saturated carbocycles. The fraction of sp³-hybridized carbons (Fsp3) is 0.875. The van der Waals surface area contributed by atoms with Gasteiger partial charge in [0.15, 0.2) is 0 Å². The Morgan fingerprint density at radius 2 is 1.46 bits per heavy atom. The van der Waals surface area contributed by atoms with Gasteiger partial charge in [-0.3, -0.25) is 9.59 Å². The molecule has 0 aromatic rings. The number of methoxy groups -OCH3 is 1. The lowest BCUT2D eigenvalue weighted by Gasteiger charge is -2.13. The van der Waals surface area contributed by atoms with Crippen LogP contribution in [0, 0.1) is 0 Å². The third kappa shape index (κ3) is 14.5. The maximum atomic E-state index is 11.6. The topological polar surface area (TPSA) is 95.1 Å². The highest BCUT2D eigenvalue weighted by Gasteiger charge is 2.11. The highest BCUT2D eigenvalue weighted by atomic mass is 16.6. The molecule has 0 spiro atoms. The molecular formula is C16H32N2O6. The van der Waals surface area contributed by atoms with Crippen LogP contribution in [0.3, 0.4) is 0 Å². The Labute approximate surface area is 144 Å². The number of rotatable bonds is 17. The number of amides is 1. The number of likely N-dealkylation sites (N-methyl/N-ethyl adjacent to an activating group) is 1. The summed E-state index contributed by atoms with van der Waals surface area (Å²) in [4.78, 5) is 22.8. The Morgan fingerprint density at radius 3 is 1.96 bits per heavy atom. The molecule has 0 aliphatic heterocycles. The number of hydrogen-bond acceptors (Lipinski definition) is 7. The normalized spacial score (nSPS) is 12.1. The molecular weight excluding hydrogens is 316 g/mol. The quantitative estimate of drug-likeness (QED) is 0.350. The Balaban J connectivity index is 3.33. The molecule has 0 aromatic carbocycles. The third-order valence-corrected chi connectivity index (χ3v) is 3.24. The zero-order chi connectivity index (χ0) is 18.0. The Kier molecular flexibility index (Phi) is 16.0. The fourth-order valence-corrected chi connectivity index (χ4v) is 1.84. The van der Waals surface area contributed by atoms with Gasteiger partial charge in [0.1, 0.15) is 5.78 Å². The van der Waals surface area contributed by atoms with Crippen molar-refractivity contribution in [2.24, 2.45) is 0 Å². The Hall–Kier alpha value is -1.06. The maximum absolute atomic E-state index is 11.6. The van der Waals surface area contributed by atoms with E-state index < -0.39 is 0 Å². The highest BCUT2D eigenvalue weighted by Crippen LogP contribution is 1.92. The molecule has 0 radical (unpaired) electrons. The van der Waals surface area contributed by atoms with Crippen LogP contribution in [0.5, 0.6) is 0 Å². The summed E-state index contributed by atoms with van der Waals surface area (Å²) < 4.78 is 20.7. The lowest BCUT2D eigenvalue weighted by molar-refractivity contribution is -0.123. The van der Waals surface area contributed by atoms with E-state index in [1.54, 1.807) is 14.2 Å². The van der Waals surface area contributed by atoms with Gasteiger partial charge in [-0.1, -0.05) is 0 Å². The van der Waals surface area contributed by atoms with Crippen LogP contribution >= 0.6 is 0 Å². The zero-order valence-electron chi connectivity index (χ0n) is 15.1. The molecule has 1 atom stereocenters. The van der Waals surface area contributed by atoms with E-state index >= 15 is 0 Å². The summed E-state index contributed by atoms with van der Waals surface area (Å²) in [5.41, 5.74) is 0. The summed E-state index contributed by atoms with van der Waals surface area (Å²) >= 11 is 0. The molecule has 142 valence electrons. The molecule has 0 aliphatic carbocycles. The third-order valence-electron chi connectivity index (χ3n) is 3.24. The molecule has 24 heavy (non-hydrogen) atoms. The first-order valence-electron chi connectivity index (χ1n) is 8.28. The van der Waals surface area contributed by atoms with Crippen molar-refractivity contribution in [1.82, 2.24) is 10.6 Å². The van der Waals surface area contributed by atoms with E-state index in [2.05, 4.69) is 10.6 Å². The molecule has 8 nitrogen and oxygen atoms in total. The van der Waals surface area contributed by atoms with Gasteiger partial charge in [-0.2, -0.15) is 0 Å². The predicted molar refractivity (Wildman–Crippen MR) is 90.1 cm³/mol. The summed E-state index contributed by atoms with van der Waals surface area (Å²) in [6, 6.07) is -0.211. The van der Waals surface area contributed by atoms with Gasteiger partial charge in [-0.15, -0.1) is 0 Å². The van der Waals surface area contributed by atoms with E-state index in [1.807, 2.05) is 0 Å². The van der Waals surface area contributed by atoms with Crippen LogP contribution in [-0.2, 0) is 28.5 Å². The molecule has 0 unspecified atom stereocenters. The summed E-state index contributed by atoms with van der Waals surface area (Å²) in [5.74, 6) is -0.0138. The molecule has 0 rings (SSSR count). The van der Waals surface area contributed by atoms with Gasteiger partial charge in [-0.25, -0.2) is 0 Å². The van der Waals surface area contributed by atoms with Crippen LogP contribution in [-0.4, -0.2) is 84.7 Å². The minimum Gasteiger partial charge on any atom is -0.382 e. The van der Waals surface area contributed by atoms with E-state index in [1.165, 1.54) is 6.92 Å². The lowest BCUT2D eigenvalue weighted by Crippen LogP contribution is -2.37. The molecule has 0 aliphatic rings. The predicted octanol–water partition coefficient (Wildman–Crippen LogP) is -0.244. The molecule has 0 fully saturated rings. The van der Waals surface area contributed by atoms with E-state index in [4.69, 9.17) is 18.9 Å². The van der Waals surface area contributed by atoms with Crippen molar-refractivity contribution in [3.05, 3.63) is 0 Å². The number of carbonyl (C=O) groups is 2. The first-order chi connectivity index (χ1) is 11.6. The van der Waals surface area contributed by atoms with Crippen molar-refractivity contribution in [3.63, 3.8) is 0 Å². The van der Waals surface area contributed by atoms with Crippen LogP contribution in [0.4, 0.5) is 0 Å². The van der Waals surface area contributed by atoms with Gasteiger partial charge >= 0.3 is 0 Å². The molecule has 0 heterocycles. The smallest absolute Gasteiger partial charge is 0.222 e. The number of Topliss-reactive ketones (excluding diaryl/α,β-unsaturated/α-hetero) is 1. The van der Waals surface area contributed by atoms with Gasteiger partial charge in [-0.05, 0) is 20.4 Å². The van der Waals surface area contributed by atoms with Gasteiger partial charge < -0.3 is 29.6 Å². The van der Waals surface area contributed by atoms with Crippen LogP contribution in [0.25, 0.3) is 0 Å². The van der Waals surface area contributed by atoms with Crippen molar-refractivity contribution in [2.45, 2.75) is 25.8 Å². The first kappa shape index (κ1) is 22.9. The summed E-state index contributed by atoms with van der Waals surface area (Å²) in [6.45, 7) is 5.44. The Bertz CT molecular complexity index is 328. The van der Waals surface area contributed by atoms with Crippen molar-refractivity contribution < 1.29 is 28.5 Å². The van der Waals surface area contributed by atoms with Crippen LogP contribution in [0.15, 0.2) is 0 Å². The molecule has 0 saturated heterocycles. The molecule has 1 amide bonds. The van der Waals surface area contributed by atoms with Gasteiger partial charge in [0.05, 0.1) is 52.3 Å².